The average molecular weight is 266 g/mol. The van der Waals surface area contributed by atoms with Crippen molar-refractivity contribution in [2.45, 2.75) is 6.54 Å². The van der Waals surface area contributed by atoms with Crippen molar-refractivity contribution in [3.63, 3.8) is 0 Å². The van der Waals surface area contributed by atoms with Crippen molar-refractivity contribution in [2.75, 3.05) is 5.73 Å². The molecule has 2 aromatic rings. The lowest BCUT2D eigenvalue weighted by atomic mass is 10.2. The van der Waals surface area contributed by atoms with Crippen LogP contribution in [-0.4, -0.2) is 9.13 Å². The van der Waals surface area contributed by atoms with Gasteiger partial charge in [-0.2, -0.15) is 0 Å². The van der Waals surface area contributed by atoms with E-state index in [1.165, 1.54) is 16.8 Å². The van der Waals surface area contributed by atoms with Gasteiger partial charge in [-0.05, 0) is 23.8 Å². The molecule has 0 atom stereocenters. The quantitative estimate of drug-likeness (QED) is 0.818. The van der Waals surface area contributed by atoms with E-state index in [-0.39, 0.29) is 17.8 Å². The Morgan fingerprint density at radius 3 is 2.72 bits per heavy atom. The summed E-state index contributed by atoms with van der Waals surface area (Å²) in [7, 11) is 1.58. The van der Waals surface area contributed by atoms with Crippen LogP contribution in [0.3, 0.4) is 0 Å². The molecule has 1 aromatic heterocycles. The molecule has 0 aliphatic rings. The Kier molecular flexibility index (Phi) is 3.25. The number of nitrogen functional groups attached to an aromatic ring is 1. The molecule has 18 heavy (non-hydrogen) atoms. The summed E-state index contributed by atoms with van der Waals surface area (Å²) in [4.78, 5) is 23.5. The minimum atomic E-state index is -0.387. The molecule has 0 saturated carbocycles. The van der Waals surface area contributed by atoms with E-state index in [9.17, 15) is 9.59 Å². The van der Waals surface area contributed by atoms with Crippen molar-refractivity contribution in [1.82, 2.24) is 9.13 Å². The first-order chi connectivity index (χ1) is 8.49. The Hall–Kier alpha value is -2.01. The SMILES string of the molecule is Cn1ccc(=O)n(Cc2cc(Cl)ccc2N)c1=O. The van der Waals surface area contributed by atoms with Crippen LogP contribution < -0.4 is 17.0 Å². The fraction of sp³-hybridized carbons (Fsp3) is 0.167. The van der Waals surface area contributed by atoms with E-state index >= 15 is 0 Å². The highest BCUT2D eigenvalue weighted by atomic mass is 35.5. The van der Waals surface area contributed by atoms with Crippen LogP contribution in [0.15, 0.2) is 40.1 Å². The first-order valence-electron chi connectivity index (χ1n) is 5.29. The highest BCUT2D eigenvalue weighted by molar-refractivity contribution is 6.30. The number of aryl methyl sites for hydroxylation is 1. The van der Waals surface area contributed by atoms with Crippen molar-refractivity contribution in [2.24, 2.45) is 7.05 Å². The van der Waals surface area contributed by atoms with E-state index < -0.39 is 0 Å². The zero-order valence-electron chi connectivity index (χ0n) is 9.76. The summed E-state index contributed by atoms with van der Waals surface area (Å²) < 4.78 is 2.45. The molecule has 0 fully saturated rings. The fourth-order valence-electron chi connectivity index (χ4n) is 1.64. The van der Waals surface area contributed by atoms with Crippen LogP contribution in [0.2, 0.25) is 5.02 Å². The molecule has 0 unspecified atom stereocenters. The molecular formula is C12H12ClN3O2. The summed E-state index contributed by atoms with van der Waals surface area (Å²) in [6.45, 7) is 0.110. The normalized spacial score (nSPS) is 10.6. The monoisotopic (exact) mass is 265 g/mol. The molecule has 0 aliphatic heterocycles. The molecule has 0 amide bonds. The molecule has 0 aliphatic carbocycles. The van der Waals surface area contributed by atoms with Gasteiger partial charge in [0.15, 0.2) is 0 Å². The molecule has 6 heteroatoms. The Morgan fingerprint density at radius 1 is 1.28 bits per heavy atom. The van der Waals surface area contributed by atoms with Gasteiger partial charge < -0.3 is 10.3 Å². The summed E-state index contributed by atoms with van der Waals surface area (Å²) in [6, 6.07) is 6.29. The molecular weight excluding hydrogens is 254 g/mol. The van der Waals surface area contributed by atoms with Crippen LogP contribution in [0.4, 0.5) is 5.69 Å². The smallest absolute Gasteiger partial charge is 0.331 e. The Morgan fingerprint density at radius 2 is 2.00 bits per heavy atom. The zero-order chi connectivity index (χ0) is 13.3. The topological polar surface area (TPSA) is 70.0 Å². The first kappa shape index (κ1) is 12.4. The summed E-state index contributed by atoms with van der Waals surface area (Å²) in [5.74, 6) is 0. The number of halogens is 1. The molecule has 1 aromatic carbocycles. The minimum Gasteiger partial charge on any atom is -0.398 e. The van der Waals surface area contributed by atoms with Gasteiger partial charge in [-0.3, -0.25) is 9.36 Å². The van der Waals surface area contributed by atoms with Crippen LogP contribution in [0.25, 0.3) is 0 Å². The van der Waals surface area contributed by atoms with Gasteiger partial charge in [0.25, 0.3) is 5.56 Å². The summed E-state index contributed by atoms with van der Waals surface area (Å²) >= 11 is 5.87. The Labute approximate surface area is 108 Å². The molecule has 94 valence electrons. The summed E-state index contributed by atoms with van der Waals surface area (Å²) in [6.07, 6.45) is 1.43. The zero-order valence-corrected chi connectivity index (χ0v) is 10.5. The predicted molar refractivity (Wildman–Crippen MR) is 70.9 cm³/mol. The van der Waals surface area contributed by atoms with Gasteiger partial charge in [-0.1, -0.05) is 11.6 Å². The number of benzene rings is 1. The molecule has 1 heterocycles. The first-order valence-corrected chi connectivity index (χ1v) is 5.67. The number of anilines is 1. The number of nitrogens with two attached hydrogens (primary N) is 1. The summed E-state index contributed by atoms with van der Waals surface area (Å²) in [5, 5.41) is 0.514. The van der Waals surface area contributed by atoms with E-state index in [1.807, 2.05) is 0 Å². The van der Waals surface area contributed by atoms with E-state index in [0.29, 0.717) is 16.3 Å². The van der Waals surface area contributed by atoms with Gasteiger partial charge in [0, 0.05) is 30.0 Å². The van der Waals surface area contributed by atoms with Crippen LogP contribution >= 0.6 is 11.6 Å². The van der Waals surface area contributed by atoms with Crippen molar-refractivity contribution in [3.05, 3.63) is 61.9 Å². The second-order valence-corrected chi connectivity index (χ2v) is 4.41. The van der Waals surface area contributed by atoms with E-state index in [2.05, 4.69) is 0 Å². The second-order valence-electron chi connectivity index (χ2n) is 3.98. The predicted octanol–water partition coefficient (Wildman–Crippen LogP) is 0.831. The third kappa shape index (κ3) is 2.31. The van der Waals surface area contributed by atoms with Crippen molar-refractivity contribution >= 4 is 17.3 Å². The minimum absolute atomic E-state index is 0.110. The second kappa shape index (κ2) is 4.70. The number of nitrogens with zero attached hydrogens (tertiary/aromatic N) is 2. The highest BCUT2D eigenvalue weighted by Crippen LogP contribution is 2.17. The van der Waals surface area contributed by atoms with Gasteiger partial charge >= 0.3 is 5.69 Å². The molecule has 0 saturated heterocycles. The van der Waals surface area contributed by atoms with Crippen molar-refractivity contribution in [3.8, 4) is 0 Å². The van der Waals surface area contributed by atoms with Crippen LogP contribution in [0, 0.1) is 0 Å². The number of rotatable bonds is 2. The molecule has 0 radical (unpaired) electrons. The van der Waals surface area contributed by atoms with E-state index in [1.54, 1.807) is 25.2 Å². The molecule has 5 nitrogen and oxygen atoms in total. The number of aromatic nitrogens is 2. The average Bonchev–Trinajstić information content (AvgIpc) is 2.34. The number of hydrogen-bond donors (Lipinski definition) is 1. The molecule has 0 spiro atoms. The van der Waals surface area contributed by atoms with Gasteiger partial charge in [-0.25, -0.2) is 4.79 Å². The third-order valence-electron chi connectivity index (χ3n) is 2.67. The van der Waals surface area contributed by atoms with Gasteiger partial charge in [-0.15, -0.1) is 0 Å². The maximum absolute atomic E-state index is 11.8. The lowest BCUT2D eigenvalue weighted by Gasteiger charge is -2.09. The number of hydrogen-bond acceptors (Lipinski definition) is 3. The van der Waals surface area contributed by atoms with E-state index in [0.717, 1.165) is 4.57 Å². The maximum atomic E-state index is 11.8. The molecule has 0 bridgehead atoms. The maximum Gasteiger partial charge on any atom is 0.331 e. The molecule has 2 N–H and O–H groups in total. The van der Waals surface area contributed by atoms with E-state index in [4.69, 9.17) is 17.3 Å². The standard InChI is InChI=1S/C12H12ClN3O2/c1-15-5-4-11(17)16(12(15)18)7-8-6-9(13)2-3-10(8)14/h2-6H,7,14H2,1H3. The van der Waals surface area contributed by atoms with Gasteiger partial charge in [0.1, 0.15) is 0 Å². The highest BCUT2D eigenvalue weighted by Gasteiger charge is 2.07. The summed E-state index contributed by atoms with van der Waals surface area (Å²) in [5.41, 5.74) is 6.19. The third-order valence-corrected chi connectivity index (χ3v) is 2.91. The lowest BCUT2D eigenvalue weighted by molar-refractivity contribution is 0.640. The van der Waals surface area contributed by atoms with Gasteiger partial charge in [0.05, 0.1) is 6.54 Å². The largest absolute Gasteiger partial charge is 0.398 e. The van der Waals surface area contributed by atoms with Crippen molar-refractivity contribution in [1.29, 1.82) is 0 Å². The van der Waals surface area contributed by atoms with Crippen LogP contribution in [0.1, 0.15) is 5.56 Å². The van der Waals surface area contributed by atoms with Crippen LogP contribution in [-0.2, 0) is 13.6 Å². The molecule has 2 rings (SSSR count). The lowest BCUT2D eigenvalue weighted by Crippen LogP contribution is -2.38. The Bertz CT molecular complexity index is 703. The van der Waals surface area contributed by atoms with Crippen LogP contribution in [0.5, 0.6) is 0 Å². The van der Waals surface area contributed by atoms with Crippen molar-refractivity contribution < 1.29 is 0 Å². The van der Waals surface area contributed by atoms with Gasteiger partial charge in [0.2, 0.25) is 0 Å². The Balaban J connectivity index is 2.53. The fourth-order valence-corrected chi connectivity index (χ4v) is 1.84.